The number of aryl methyl sites for hydroxylation is 2. The molecule has 0 aromatic heterocycles. The number of anilines is 2. The van der Waals surface area contributed by atoms with Gasteiger partial charge in [-0.3, -0.25) is 13.8 Å². The minimum absolute atomic E-state index is 0.119. The van der Waals surface area contributed by atoms with Crippen molar-refractivity contribution in [2.75, 3.05) is 47.9 Å². The second-order valence-electron chi connectivity index (χ2n) is 7.28. The second kappa shape index (κ2) is 9.69. The van der Waals surface area contributed by atoms with Crippen LogP contribution in [0.2, 0.25) is 0 Å². The Kier molecular flexibility index (Phi) is 7.04. The molecule has 2 aromatic rings. The van der Waals surface area contributed by atoms with E-state index in [0.717, 1.165) is 29.9 Å². The lowest BCUT2D eigenvalue weighted by Gasteiger charge is -2.36. The summed E-state index contributed by atoms with van der Waals surface area (Å²) >= 11 is 0. The molecule has 154 valence electrons. The molecule has 1 N–H and O–H groups in total. The number of benzene rings is 2. The van der Waals surface area contributed by atoms with E-state index in [4.69, 9.17) is 0 Å². The number of hydrogen-bond donors (Lipinski definition) is 1. The van der Waals surface area contributed by atoms with Gasteiger partial charge < -0.3 is 15.1 Å². The zero-order valence-corrected chi connectivity index (χ0v) is 17.7. The van der Waals surface area contributed by atoms with Crippen molar-refractivity contribution in [3.05, 3.63) is 59.7 Å². The molecule has 1 aliphatic rings. The van der Waals surface area contributed by atoms with E-state index in [1.807, 2.05) is 50.2 Å². The third-order valence-corrected chi connectivity index (χ3v) is 6.27. The number of amides is 2. The highest BCUT2D eigenvalue weighted by Crippen LogP contribution is 2.16. The Morgan fingerprint density at radius 2 is 1.62 bits per heavy atom. The van der Waals surface area contributed by atoms with Gasteiger partial charge in [0.25, 0.3) is 0 Å². The average molecular weight is 414 g/mol. The van der Waals surface area contributed by atoms with Crippen LogP contribution in [0.5, 0.6) is 0 Å². The summed E-state index contributed by atoms with van der Waals surface area (Å²) in [6, 6.07) is 15.7. The molecule has 3 rings (SSSR count). The van der Waals surface area contributed by atoms with Gasteiger partial charge in [-0.05, 0) is 49.2 Å². The first-order valence-corrected chi connectivity index (χ1v) is 11.2. The van der Waals surface area contributed by atoms with E-state index in [0.29, 0.717) is 18.8 Å². The number of nitrogens with zero attached hydrogens (tertiary/aromatic N) is 2. The Morgan fingerprint density at radius 1 is 0.931 bits per heavy atom. The maximum absolute atomic E-state index is 12.5. The predicted octanol–water partition coefficient (Wildman–Crippen LogP) is 2.34. The third-order valence-electron chi connectivity index (χ3n) is 5.12. The molecule has 0 spiro atoms. The summed E-state index contributed by atoms with van der Waals surface area (Å²) in [4.78, 5) is 28.6. The Balaban J connectivity index is 1.44. The van der Waals surface area contributed by atoms with Crippen LogP contribution in [-0.2, 0) is 20.4 Å². The quantitative estimate of drug-likeness (QED) is 0.789. The summed E-state index contributed by atoms with van der Waals surface area (Å²) in [6.45, 7) is 6.66. The maximum Gasteiger partial charge on any atom is 0.237 e. The highest BCUT2D eigenvalue weighted by atomic mass is 32.2. The van der Waals surface area contributed by atoms with E-state index in [1.54, 1.807) is 4.90 Å². The minimum atomic E-state index is -1.53. The van der Waals surface area contributed by atoms with Crippen molar-refractivity contribution in [2.45, 2.75) is 13.8 Å². The maximum atomic E-state index is 12.5. The smallest absolute Gasteiger partial charge is 0.237 e. The third kappa shape index (κ3) is 5.90. The highest BCUT2D eigenvalue weighted by molar-refractivity contribution is 7.86. The van der Waals surface area contributed by atoms with Gasteiger partial charge in [-0.1, -0.05) is 24.3 Å². The molecule has 1 atom stereocenters. The number of para-hydroxylation sites is 1. The summed E-state index contributed by atoms with van der Waals surface area (Å²) in [5.74, 6) is -0.794. The van der Waals surface area contributed by atoms with E-state index < -0.39 is 10.8 Å². The van der Waals surface area contributed by atoms with Gasteiger partial charge in [0, 0.05) is 48.4 Å². The van der Waals surface area contributed by atoms with Crippen LogP contribution >= 0.6 is 0 Å². The Labute approximate surface area is 174 Å². The van der Waals surface area contributed by atoms with Gasteiger partial charge in [-0.25, -0.2) is 0 Å². The van der Waals surface area contributed by atoms with E-state index in [2.05, 4.69) is 22.3 Å². The molecule has 29 heavy (non-hydrogen) atoms. The summed E-state index contributed by atoms with van der Waals surface area (Å²) in [5, 5.41) is 2.75. The lowest BCUT2D eigenvalue weighted by molar-refractivity contribution is -0.128. The first kappa shape index (κ1) is 21.0. The first-order valence-electron chi connectivity index (χ1n) is 9.72. The molecule has 2 amide bonds. The zero-order valence-electron chi connectivity index (χ0n) is 16.9. The number of carbonyl (C=O) groups excluding carboxylic acids is 2. The lowest BCUT2D eigenvalue weighted by Crippen LogP contribution is -2.50. The van der Waals surface area contributed by atoms with Gasteiger partial charge in [0.2, 0.25) is 11.8 Å². The Hall–Kier alpha value is -2.67. The van der Waals surface area contributed by atoms with Gasteiger partial charge >= 0.3 is 0 Å². The van der Waals surface area contributed by atoms with Crippen LogP contribution in [0, 0.1) is 13.8 Å². The van der Waals surface area contributed by atoms with E-state index in [1.165, 1.54) is 0 Å². The average Bonchev–Trinajstić information content (AvgIpc) is 2.71. The molecule has 0 saturated carbocycles. The predicted molar refractivity (Wildman–Crippen MR) is 118 cm³/mol. The van der Waals surface area contributed by atoms with Crippen molar-refractivity contribution < 1.29 is 13.8 Å². The number of piperazine rings is 1. The molecule has 0 radical (unpaired) electrons. The fourth-order valence-electron chi connectivity index (χ4n) is 3.30. The Bertz CT molecular complexity index is 893. The molecule has 6 nitrogen and oxygen atoms in total. The molecule has 2 aromatic carbocycles. The number of rotatable bonds is 6. The lowest BCUT2D eigenvalue weighted by atomic mass is 10.1. The van der Waals surface area contributed by atoms with Crippen molar-refractivity contribution in [1.82, 2.24) is 4.90 Å². The number of hydrogen-bond acceptors (Lipinski definition) is 4. The molecule has 1 saturated heterocycles. The zero-order chi connectivity index (χ0) is 20.8. The van der Waals surface area contributed by atoms with Crippen molar-refractivity contribution in [2.24, 2.45) is 0 Å². The molecule has 1 aliphatic heterocycles. The molecule has 1 heterocycles. The second-order valence-corrected chi connectivity index (χ2v) is 8.74. The van der Waals surface area contributed by atoms with E-state index >= 15 is 0 Å². The molecule has 0 unspecified atom stereocenters. The van der Waals surface area contributed by atoms with Crippen molar-refractivity contribution in [3.8, 4) is 0 Å². The van der Waals surface area contributed by atoms with E-state index in [-0.39, 0.29) is 23.3 Å². The topological polar surface area (TPSA) is 69.7 Å². The summed E-state index contributed by atoms with van der Waals surface area (Å²) in [7, 11) is -1.53. The van der Waals surface area contributed by atoms with Crippen LogP contribution in [-0.4, -0.2) is 58.6 Å². The minimum Gasteiger partial charge on any atom is -0.368 e. The molecule has 7 heteroatoms. The van der Waals surface area contributed by atoms with Crippen LogP contribution in [0.25, 0.3) is 0 Å². The van der Waals surface area contributed by atoms with Gasteiger partial charge in [0.05, 0.1) is 0 Å². The first-order chi connectivity index (χ1) is 13.9. The van der Waals surface area contributed by atoms with Gasteiger partial charge in [0.1, 0.15) is 11.5 Å². The normalized spacial score (nSPS) is 15.1. The molecule has 1 fully saturated rings. The van der Waals surface area contributed by atoms with Crippen LogP contribution in [0.15, 0.2) is 48.5 Å². The fourth-order valence-corrected chi connectivity index (χ4v) is 4.22. The summed E-state index contributed by atoms with van der Waals surface area (Å²) in [6.07, 6.45) is 0. The summed E-state index contributed by atoms with van der Waals surface area (Å²) in [5.41, 5.74) is 4.04. The highest BCUT2D eigenvalue weighted by Gasteiger charge is 2.23. The van der Waals surface area contributed by atoms with Crippen molar-refractivity contribution in [3.63, 3.8) is 0 Å². The van der Waals surface area contributed by atoms with Crippen molar-refractivity contribution >= 4 is 34.0 Å². The van der Waals surface area contributed by atoms with Crippen LogP contribution in [0.3, 0.4) is 0 Å². The van der Waals surface area contributed by atoms with Gasteiger partial charge in [-0.15, -0.1) is 0 Å². The van der Waals surface area contributed by atoms with Gasteiger partial charge in [-0.2, -0.15) is 0 Å². The standard InChI is InChI=1S/C22H27N3O3S/c1-17-8-9-19(14-18(17)2)23-21(26)15-29(28)16-22(27)25-12-10-24(11-13-25)20-6-4-3-5-7-20/h3-9,14H,10-13,15-16H2,1-2H3,(H,23,26)/t29-/m1/s1. The van der Waals surface area contributed by atoms with E-state index in [9.17, 15) is 13.8 Å². The van der Waals surface area contributed by atoms with Gasteiger partial charge in [0.15, 0.2) is 0 Å². The summed E-state index contributed by atoms with van der Waals surface area (Å²) < 4.78 is 12.3. The molecular weight excluding hydrogens is 386 g/mol. The number of carbonyl (C=O) groups is 2. The fraction of sp³-hybridized carbons (Fsp3) is 0.364. The monoisotopic (exact) mass is 413 g/mol. The molecule has 0 aliphatic carbocycles. The van der Waals surface area contributed by atoms with Crippen molar-refractivity contribution in [1.29, 1.82) is 0 Å². The largest absolute Gasteiger partial charge is 0.368 e. The molecule has 0 bridgehead atoms. The SMILES string of the molecule is Cc1ccc(NC(=O)C[S@@](=O)CC(=O)N2CCN(c3ccccc3)CC2)cc1C. The van der Waals surface area contributed by atoms with Crippen LogP contribution < -0.4 is 10.2 Å². The van der Waals surface area contributed by atoms with Crippen LogP contribution in [0.4, 0.5) is 11.4 Å². The molecular formula is C22H27N3O3S. The Morgan fingerprint density at radius 3 is 2.28 bits per heavy atom. The number of nitrogens with one attached hydrogen (secondary N) is 1. The van der Waals surface area contributed by atoms with Crippen LogP contribution in [0.1, 0.15) is 11.1 Å².